The molecule has 0 atom stereocenters. The summed E-state index contributed by atoms with van der Waals surface area (Å²) < 4.78 is 1.05. The third kappa shape index (κ3) is 4.62. The number of hydrogen-bond acceptors (Lipinski definition) is 6. The number of hydrogen-bond donors (Lipinski definition) is 1. The van der Waals surface area contributed by atoms with Crippen molar-refractivity contribution in [3.8, 4) is 0 Å². The van der Waals surface area contributed by atoms with Crippen LogP contribution in [0.5, 0.6) is 0 Å². The number of aromatic nitrogens is 2. The number of H-pyrrole nitrogens is 1. The maximum atomic E-state index is 11.8. The molecule has 0 aliphatic carbocycles. The zero-order chi connectivity index (χ0) is 19.4. The van der Waals surface area contributed by atoms with Gasteiger partial charge in [0.25, 0.3) is 11.2 Å². The normalized spacial score (nSPS) is 15.1. The fourth-order valence-corrected chi connectivity index (χ4v) is 3.22. The van der Waals surface area contributed by atoms with Crippen LogP contribution in [0.3, 0.4) is 0 Å². The highest BCUT2D eigenvalue weighted by Gasteiger charge is 2.18. The molecule has 9 heteroatoms. The van der Waals surface area contributed by atoms with Gasteiger partial charge in [-0.2, -0.15) is 0 Å². The standard InChI is InChI=1S/C18H23N5O4/c1-20-17(24)13-16(19-18(20)25)22-11-9-21(10-12-22)8-2-3-14-4-6-15(7-5-14)23(26)27/h4-7,13H,2-3,8-12H2,1H3,(H,19,25). The lowest BCUT2D eigenvalue weighted by Crippen LogP contribution is -2.48. The Morgan fingerprint density at radius 1 is 1.11 bits per heavy atom. The molecule has 3 rings (SSSR count). The van der Waals surface area contributed by atoms with E-state index in [2.05, 4.69) is 9.88 Å². The molecule has 9 nitrogen and oxygen atoms in total. The predicted molar refractivity (Wildman–Crippen MR) is 102 cm³/mol. The molecule has 0 amide bonds. The summed E-state index contributed by atoms with van der Waals surface area (Å²) in [6.45, 7) is 4.16. The van der Waals surface area contributed by atoms with Crippen LogP contribution in [0.2, 0.25) is 0 Å². The van der Waals surface area contributed by atoms with Crippen molar-refractivity contribution in [3.63, 3.8) is 0 Å². The summed E-state index contributed by atoms with van der Waals surface area (Å²) in [5, 5.41) is 10.7. The maximum absolute atomic E-state index is 11.8. The van der Waals surface area contributed by atoms with E-state index in [0.29, 0.717) is 5.82 Å². The molecular formula is C18H23N5O4. The maximum Gasteiger partial charge on any atom is 0.329 e. The Balaban J connectivity index is 1.46. The van der Waals surface area contributed by atoms with Gasteiger partial charge in [-0.05, 0) is 24.9 Å². The zero-order valence-electron chi connectivity index (χ0n) is 15.3. The second-order valence-corrected chi connectivity index (χ2v) is 6.71. The van der Waals surface area contributed by atoms with Gasteiger partial charge in [-0.1, -0.05) is 12.1 Å². The number of nitrogens with one attached hydrogen (secondary N) is 1. The lowest BCUT2D eigenvalue weighted by Gasteiger charge is -2.35. The van der Waals surface area contributed by atoms with Gasteiger partial charge in [-0.25, -0.2) is 4.79 Å². The van der Waals surface area contributed by atoms with Gasteiger partial charge in [0.05, 0.1) is 4.92 Å². The van der Waals surface area contributed by atoms with Crippen molar-refractivity contribution in [1.29, 1.82) is 0 Å². The molecule has 1 aliphatic heterocycles. The van der Waals surface area contributed by atoms with E-state index in [1.165, 1.54) is 13.1 Å². The number of anilines is 1. The van der Waals surface area contributed by atoms with Gasteiger partial charge >= 0.3 is 5.69 Å². The summed E-state index contributed by atoms with van der Waals surface area (Å²) in [4.78, 5) is 40.9. The van der Waals surface area contributed by atoms with Gasteiger partial charge in [0.2, 0.25) is 0 Å². The topological polar surface area (TPSA) is 104 Å². The lowest BCUT2D eigenvalue weighted by molar-refractivity contribution is -0.384. The van der Waals surface area contributed by atoms with Crippen molar-refractivity contribution >= 4 is 11.5 Å². The van der Waals surface area contributed by atoms with E-state index < -0.39 is 5.69 Å². The van der Waals surface area contributed by atoms with Crippen molar-refractivity contribution in [1.82, 2.24) is 14.5 Å². The van der Waals surface area contributed by atoms with E-state index in [1.54, 1.807) is 12.1 Å². The van der Waals surface area contributed by atoms with E-state index in [0.717, 1.165) is 55.7 Å². The Morgan fingerprint density at radius 3 is 2.37 bits per heavy atom. The third-order valence-corrected chi connectivity index (χ3v) is 4.93. The van der Waals surface area contributed by atoms with E-state index in [-0.39, 0.29) is 16.2 Å². The smallest absolute Gasteiger partial charge is 0.329 e. The molecule has 1 aliphatic rings. The number of nitro benzene ring substituents is 1. The van der Waals surface area contributed by atoms with Crippen molar-refractivity contribution in [2.75, 3.05) is 37.6 Å². The van der Waals surface area contributed by atoms with Crippen LogP contribution >= 0.6 is 0 Å². The van der Waals surface area contributed by atoms with Crippen LogP contribution in [0.1, 0.15) is 12.0 Å². The molecule has 0 unspecified atom stereocenters. The largest absolute Gasteiger partial charge is 0.355 e. The molecule has 0 bridgehead atoms. The minimum atomic E-state index is -0.400. The Hall–Kier alpha value is -2.94. The molecule has 144 valence electrons. The SMILES string of the molecule is Cn1c(=O)cc(N2CCN(CCCc3ccc([N+](=O)[O-])cc3)CC2)[nH]c1=O. The third-order valence-electron chi connectivity index (χ3n) is 4.93. The molecule has 0 radical (unpaired) electrons. The highest BCUT2D eigenvalue weighted by molar-refractivity contribution is 5.37. The van der Waals surface area contributed by atoms with Gasteiger partial charge < -0.3 is 4.90 Å². The molecular weight excluding hydrogens is 350 g/mol. The Kier molecular flexibility index (Phi) is 5.70. The summed E-state index contributed by atoms with van der Waals surface area (Å²) >= 11 is 0. The van der Waals surface area contributed by atoms with E-state index in [1.807, 2.05) is 17.0 Å². The average molecular weight is 373 g/mol. The number of rotatable bonds is 6. The number of aromatic amines is 1. The van der Waals surface area contributed by atoms with Crippen LogP contribution in [-0.4, -0.2) is 52.1 Å². The Bertz CT molecular complexity index is 879. The molecule has 0 saturated carbocycles. The van der Waals surface area contributed by atoms with E-state index in [9.17, 15) is 19.7 Å². The molecule has 1 aromatic heterocycles. The fraction of sp³-hybridized carbons (Fsp3) is 0.444. The summed E-state index contributed by atoms with van der Waals surface area (Å²) in [5.74, 6) is 0.577. The van der Waals surface area contributed by atoms with Crippen molar-refractivity contribution in [2.45, 2.75) is 12.8 Å². The lowest BCUT2D eigenvalue weighted by atomic mass is 10.1. The number of benzene rings is 1. The molecule has 2 heterocycles. The first-order chi connectivity index (χ1) is 12.9. The van der Waals surface area contributed by atoms with Crippen LogP contribution in [0.15, 0.2) is 39.9 Å². The highest BCUT2D eigenvalue weighted by atomic mass is 16.6. The second-order valence-electron chi connectivity index (χ2n) is 6.71. The number of nitro groups is 1. The molecule has 1 N–H and O–H groups in total. The monoisotopic (exact) mass is 373 g/mol. The highest BCUT2D eigenvalue weighted by Crippen LogP contribution is 2.14. The fourth-order valence-electron chi connectivity index (χ4n) is 3.22. The summed E-state index contributed by atoms with van der Waals surface area (Å²) in [5.41, 5.74) is 0.503. The van der Waals surface area contributed by atoms with Gasteiger partial charge in [-0.3, -0.25) is 29.4 Å². The van der Waals surface area contributed by atoms with Crippen LogP contribution in [0, 0.1) is 10.1 Å². The quantitative estimate of drug-likeness (QED) is 0.591. The summed E-state index contributed by atoms with van der Waals surface area (Å²) in [7, 11) is 1.45. The van der Waals surface area contributed by atoms with E-state index in [4.69, 9.17) is 0 Å². The number of piperazine rings is 1. The molecule has 2 aromatic rings. The minimum absolute atomic E-state index is 0.114. The van der Waals surface area contributed by atoms with E-state index >= 15 is 0 Å². The molecule has 1 saturated heterocycles. The zero-order valence-corrected chi connectivity index (χ0v) is 15.3. The van der Waals surface area contributed by atoms with Gasteiger partial charge in [0.15, 0.2) is 0 Å². The van der Waals surface area contributed by atoms with Crippen molar-refractivity contribution < 1.29 is 4.92 Å². The average Bonchev–Trinajstić information content (AvgIpc) is 2.66. The Morgan fingerprint density at radius 2 is 1.78 bits per heavy atom. The van der Waals surface area contributed by atoms with Crippen molar-refractivity contribution in [2.24, 2.45) is 7.05 Å². The first-order valence-electron chi connectivity index (χ1n) is 8.95. The van der Waals surface area contributed by atoms with Gasteiger partial charge in [0.1, 0.15) is 5.82 Å². The van der Waals surface area contributed by atoms with Gasteiger partial charge in [0, 0.05) is 51.4 Å². The van der Waals surface area contributed by atoms with Crippen LogP contribution in [0.25, 0.3) is 0 Å². The molecule has 1 fully saturated rings. The molecule has 1 aromatic carbocycles. The summed E-state index contributed by atoms with van der Waals surface area (Å²) in [6.07, 6.45) is 1.85. The molecule has 27 heavy (non-hydrogen) atoms. The molecule has 0 spiro atoms. The predicted octanol–water partition coefficient (Wildman–Crippen LogP) is 0.737. The number of nitrogens with zero attached hydrogens (tertiary/aromatic N) is 4. The number of aryl methyl sites for hydroxylation is 1. The minimum Gasteiger partial charge on any atom is -0.355 e. The summed E-state index contributed by atoms with van der Waals surface area (Å²) in [6, 6.07) is 8.16. The van der Waals surface area contributed by atoms with Gasteiger partial charge in [-0.15, -0.1) is 0 Å². The number of non-ortho nitro benzene ring substituents is 1. The van der Waals surface area contributed by atoms with Crippen LogP contribution < -0.4 is 16.1 Å². The first kappa shape index (κ1) is 18.8. The Labute approximate surface area is 156 Å². The van der Waals surface area contributed by atoms with Crippen LogP contribution in [-0.2, 0) is 13.5 Å². The second kappa shape index (κ2) is 8.17. The van der Waals surface area contributed by atoms with Crippen LogP contribution in [0.4, 0.5) is 11.5 Å². The van der Waals surface area contributed by atoms with Crippen molar-refractivity contribution in [3.05, 3.63) is 66.8 Å². The first-order valence-corrected chi connectivity index (χ1v) is 8.95.